The van der Waals surface area contributed by atoms with E-state index in [9.17, 15) is 10.1 Å². The number of aromatic nitrogens is 3. The zero-order valence-electron chi connectivity index (χ0n) is 14.9. The standard InChI is InChI=1S/C20H22N6O/c21-13-20(7-1-2-8-23-20)16-3-5-17(6-4-16)26-18-9-14(10-22-19(18)27)15-11-24-25-12-15/h1-2,7-12,16-17,23,26H,3-6H2,(H,22,27)(H,24,25). The molecule has 1 aliphatic carbocycles. The summed E-state index contributed by atoms with van der Waals surface area (Å²) in [4.78, 5) is 15.0. The van der Waals surface area contributed by atoms with E-state index in [1.165, 1.54) is 0 Å². The van der Waals surface area contributed by atoms with E-state index in [2.05, 4.69) is 31.9 Å². The van der Waals surface area contributed by atoms with Crippen LogP contribution >= 0.6 is 0 Å². The van der Waals surface area contributed by atoms with Gasteiger partial charge in [0.1, 0.15) is 11.2 Å². The normalized spacial score (nSPS) is 26.9. The quantitative estimate of drug-likeness (QED) is 0.668. The second-order valence-electron chi connectivity index (χ2n) is 7.15. The van der Waals surface area contributed by atoms with Crippen LogP contribution in [0.1, 0.15) is 25.7 Å². The largest absolute Gasteiger partial charge is 0.378 e. The number of allylic oxidation sites excluding steroid dienone is 2. The molecule has 2 aromatic rings. The van der Waals surface area contributed by atoms with Gasteiger partial charge in [0.05, 0.1) is 12.3 Å². The number of nitriles is 1. The Morgan fingerprint density at radius 3 is 2.70 bits per heavy atom. The van der Waals surface area contributed by atoms with Gasteiger partial charge in [-0.1, -0.05) is 6.08 Å². The molecule has 1 atom stereocenters. The molecular formula is C20H22N6O. The van der Waals surface area contributed by atoms with Gasteiger partial charge in [-0.05, 0) is 56.0 Å². The minimum atomic E-state index is -0.613. The number of pyridine rings is 1. The first-order chi connectivity index (χ1) is 13.2. The molecule has 2 aliphatic rings. The SMILES string of the molecule is N#CC1(C2CCC(Nc3cc(-c4cn[nH]c4)c[nH]c3=O)CC2)C=CC=CN1. The maximum absolute atomic E-state index is 12.2. The molecule has 4 rings (SSSR count). The highest BCUT2D eigenvalue weighted by Crippen LogP contribution is 2.35. The summed E-state index contributed by atoms with van der Waals surface area (Å²) in [6, 6.07) is 4.54. The third-order valence-electron chi connectivity index (χ3n) is 5.54. The van der Waals surface area contributed by atoms with Crippen molar-refractivity contribution in [2.75, 3.05) is 5.32 Å². The Labute approximate surface area is 157 Å². The molecule has 0 spiro atoms. The van der Waals surface area contributed by atoms with Crippen molar-refractivity contribution in [1.29, 1.82) is 5.26 Å². The van der Waals surface area contributed by atoms with Gasteiger partial charge in [0.2, 0.25) is 0 Å². The third-order valence-corrected chi connectivity index (χ3v) is 5.54. The van der Waals surface area contributed by atoms with Gasteiger partial charge in [0, 0.05) is 29.6 Å². The molecule has 2 aromatic heterocycles. The van der Waals surface area contributed by atoms with E-state index >= 15 is 0 Å². The van der Waals surface area contributed by atoms with Crippen molar-refractivity contribution in [1.82, 2.24) is 20.5 Å². The molecule has 138 valence electrons. The maximum atomic E-state index is 12.2. The minimum Gasteiger partial charge on any atom is -0.378 e. The molecule has 1 saturated carbocycles. The number of nitrogens with one attached hydrogen (secondary N) is 4. The van der Waals surface area contributed by atoms with Crippen LogP contribution in [-0.2, 0) is 0 Å². The van der Waals surface area contributed by atoms with Crippen molar-refractivity contribution in [3.05, 3.63) is 59.4 Å². The monoisotopic (exact) mass is 362 g/mol. The summed E-state index contributed by atoms with van der Waals surface area (Å²) in [5, 5.41) is 23.1. The van der Waals surface area contributed by atoms with Crippen molar-refractivity contribution in [3.63, 3.8) is 0 Å². The van der Waals surface area contributed by atoms with E-state index in [1.54, 1.807) is 18.6 Å². The molecule has 4 N–H and O–H groups in total. The summed E-state index contributed by atoms with van der Waals surface area (Å²) in [6.07, 6.45) is 16.6. The van der Waals surface area contributed by atoms with Gasteiger partial charge in [-0.2, -0.15) is 10.4 Å². The van der Waals surface area contributed by atoms with Crippen molar-refractivity contribution < 1.29 is 0 Å². The van der Waals surface area contributed by atoms with E-state index in [4.69, 9.17) is 0 Å². The number of hydrogen-bond donors (Lipinski definition) is 4. The summed E-state index contributed by atoms with van der Waals surface area (Å²) in [5.74, 6) is 0.261. The Kier molecular flexibility index (Phi) is 4.55. The van der Waals surface area contributed by atoms with E-state index < -0.39 is 5.54 Å². The highest BCUT2D eigenvalue weighted by molar-refractivity contribution is 5.65. The van der Waals surface area contributed by atoms with Gasteiger partial charge < -0.3 is 15.6 Å². The summed E-state index contributed by atoms with van der Waals surface area (Å²) >= 11 is 0. The fourth-order valence-electron chi connectivity index (χ4n) is 3.99. The zero-order chi connectivity index (χ0) is 18.7. The molecule has 1 unspecified atom stereocenters. The van der Waals surface area contributed by atoms with Crippen molar-refractivity contribution in [2.24, 2.45) is 5.92 Å². The Balaban J connectivity index is 1.43. The van der Waals surface area contributed by atoms with Crippen LogP contribution in [0.25, 0.3) is 11.1 Å². The van der Waals surface area contributed by atoms with Crippen molar-refractivity contribution in [3.8, 4) is 17.2 Å². The van der Waals surface area contributed by atoms with Crippen LogP contribution < -0.4 is 16.2 Å². The molecule has 0 aromatic carbocycles. The average molecular weight is 362 g/mol. The lowest BCUT2D eigenvalue weighted by Gasteiger charge is -2.39. The lowest BCUT2D eigenvalue weighted by atomic mass is 9.73. The van der Waals surface area contributed by atoms with Gasteiger partial charge in [0.15, 0.2) is 0 Å². The Hall–Kier alpha value is -3.27. The summed E-state index contributed by atoms with van der Waals surface area (Å²) in [7, 11) is 0. The Morgan fingerprint density at radius 1 is 1.19 bits per heavy atom. The van der Waals surface area contributed by atoms with Crippen LogP contribution in [0.5, 0.6) is 0 Å². The highest BCUT2D eigenvalue weighted by Gasteiger charge is 2.39. The van der Waals surface area contributed by atoms with Crippen LogP contribution in [0.2, 0.25) is 0 Å². The molecule has 0 saturated heterocycles. The van der Waals surface area contributed by atoms with E-state index in [1.807, 2.05) is 30.5 Å². The molecule has 0 bridgehead atoms. The predicted octanol–water partition coefficient (Wildman–Crippen LogP) is 2.67. The Morgan fingerprint density at radius 2 is 2.04 bits per heavy atom. The number of dihydropyridines is 1. The van der Waals surface area contributed by atoms with Crippen LogP contribution in [0, 0.1) is 17.2 Å². The molecule has 0 amide bonds. The lowest BCUT2D eigenvalue weighted by Crippen LogP contribution is -2.49. The van der Waals surface area contributed by atoms with E-state index in [0.717, 1.165) is 36.8 Å². The fourth-order valence-corrected chi connectivity index (χ4v) is 3.99. The summed E-state index contributed by atoms with van der Waals surface area (Å²) < 4.78 is 0. The number of aromatic amines is 2. The van der Waals surface area contributed by atoms with Gasteiger partial charge in [0.25, 0.3) is 5.56 Å². The molecule has 7 nitrogen and oxygen atoms in total. The maximum Gasteiger partial charge on any atom is 0.271 e. The van der Waals surface area contributed by atoms with E-state index in [0.29, 0.717) is 5.69 Å². The molecular weight excluding hydrogens is 340 g/mol. The van der Waals surface area contributed by atoms with Gasteiger partial charge in [-0.25, -0.2) is 0 Å². The van der Waals surface area contributed by atoms with Gasteiger partial charge >= 0.3 is 0 Å². The molecule has 1 aliphatic heterocycles. The number of rotatable bonds is 4. The highest BCUT2D eigenvalue weighted by atomic mass is 16.1. The molecule has 1 fully saturated rings. The third kappa shape index (κ3) is 3.38. The van der Waals surface area contributed by atoms with E-state index in [-0.39, 0.29) is 17.5 Å². The molecule has 27 heavy (non-hydrogen) atoms. The van der Waals surface area contributed by atoms with Crippen LogP contribution in [0.3, 0.4) is 0 Å². The van der Waals surface area contributed by atoms with Crippen LogP contribution in [0.15, 0.2) is 53.9 Å². The number of nitrogens with zero attached hydrogens (tertiary/aromatic N) is 2. The van der Waals surface area contributed by atoms with Gasteiger partial charge in [-0.3, -0.25) is 9.89 Å². The fraction of sp³-hybridized carbons (Fsp3) is 0.350. The summed E-state index contributed by atoms with van der Waals surface area (Å²) in [5.41, 5.74) is 1.67. The van der Waals surface area contributed by atoms with Crippen LogP contribution in [-0.4, -0.2) is 26.8 Å². The van der Waals surface area contributed by atoms with Crippen molar-refractivity contribution in [2.45, 2.75) is 37.3 Å². The lowest BCUT2D eigenvalue weighted by molar-refractivity contribution is 0.256. The Bertz CT molecular complexity index is 944. The first-order valence-electron chi connectivity index (χ1n) is 9.22. The second-order valence-corrected chi connectivity index (χ2v) is 7.15. The average Bonchev–Trinajstić information content (AvgIpc) is 3.25. The zero-order valence-corrected chi connectivity index (χ0v) is 14.9. The summed E-state index contributed by atoms with van der Waals surface area (Å²) in [6.45, 7) is 0. The first kappa shape index (κ1) is 17.2. The smallest absolute Gasteiger partial charge is 0.271 e. The molecule has 0 radical (unpaired) electrons. The number of anilines is 1. The number of hydrogen-bond acceptors (Lipinski definition) is 5. The first-order valence-corrected chi connectivity index (χ1v) is 9.22. The molecule has 7 heteroatoms. The molecule has 3 heterocycles. The topological polar surface area (TPSA) is 109 Å². The van der Waals surface area contributed by atoms with Gasteiger partial charge in [-0.15, -0.1) is 0 Å². The van der Waals surface area contributed by atoms with Crippen LogP contribution in [0.4, 0.5) is 5.69 Å². The minimum absolute atomic E-state index is 0.125. The predicted molar refractivity (Wildman–Crippen MR) is 104 cm³/mol. The van der Waals surface area contributed by atoms with Crippen molar-refractivity contribution >= 4 is 5.69 Å². The second kappa shape index (κ2) is 7.16. The number of H-pyrrole nitrogens is 2.